The van der Waals surface area contributed by atoms with Crippen molar-refractivity contribution in [2.45, 2.75) is 26.6 Å². The summed E-state index contributed by atoms with van der Waals surface area (Å²) in [6.07, 6.45) is 1.80. The lowest BCUT2D eigenvalue weighted by Gasteiger charge is -2.05. The van der Waals surface area contributed by atoms with Gasteiger partial charge in [0.2, 0.25) is 0 Å². The van der Waals surface area contributed by atoms with Gasteiger partial charge in [-0.15, -0.1) is 11.3 Å². The molecule has 0 saturated heterocycles. The van der Waals surface area contributed by atoms with E-state index in [0.29, 0.717) is 6.54 Å². The Balaban J connectivity index is 1.87. The van der Waals surface area contributed by atoms with Crippen molar-refractivity contribution in [3.05, 3.63) is 45.7 Å². The number of nitrogens with two attached hydrogens (primary N) is 1. The number of nitrogens with one attached hydrogen (secondary N) is 1. The predicted octanol–water partition coefficient (Wildman–Crippen LogP) is 1.60. The first-order chi connectivity index (χ1) is 8.29. The summed E-state index contributed by atoms with van der Waals surface area (Å²) in [4.78, 5) is 9.68. The van der Waals surface area contributed by atoms with Crippen LogP contribution in [0.3, 0.4) is 0 Å². The average molecular weight is 248 g/mol. The number of thiazole rings is 1. The summed E-state index contributed by atoms with van der Waals surface area (Å²) in [5.41, 5.74) is 10.7. The minimum absolute atomic E-state index is 0.488. The lowest BCUT2D eigenvalue weighted by Crippen LogP contribution is -2.13. The van der Waals surface area contributed by atoms with E-state index in [9.17, 15) is 0 Å². The molecule has 0 aliphatic rings. The number of nitrogens with zero attached hydrogens (tertiary/aromatic N) is 2. The number of aryl methyl sites for hydroxylation is 1. The van der Waals surface area contributed by atoms with Crippen LogP contribution in [0.15, 0.2) is 23.8 Å². The smallest absolute Gasteiger partial charge is 0.0798 e. The molecule has 2 rings (SSSR count). The van der Waals surface area contributed by atoms with Crippen molar-refractivity contribution in [2.24, 2.45) is 5.73 Å². The maximum absolute atomic E-state index is 5.55. The lowest BCUT2D eigenvalue weighted by atomic mass is 10.2. The van der Waals surface area contributed by atoms with Crippen molar-refractivity contribution in [3.63, 3.8) is 0 Å². The first kappa shape index (κ1) is 12.2. The molecule has 5 heteroatoms. The highest BCUT2D eigenvalue weighted by atomic mass is 32.1. The first-order valence-electron chi connectivity index (χ1n) is 5.53. The largest absolute Gasteiger partial charge is 0.325 e. The molecule has 0 bridgehead atoms. The zero-order valence-corrected chi connectivity index (χ0v) is 10.6. The Hall–Kier alpha value is -1.30. The van der Waals surface area contributed by atoms with Gasteiger partial charge in [-0.1, -0.05) is 0 Å². The summed E-state index contributed by atoms with van der Waals surface area (Å²) in [7, 11) is 0. The van der Waals surface area contributed by atoms with E-state index >= 15 is 0 Å². The molecule has 17 heavy (non-hydrogen) atoms. The van der Waals surface area contributed by atoms with Crippen LogP contribution in [0.2, 0.25) is 0 Å². The molecule has 0 aromatic carbocycles. The Bertz CT molecular complexity index is 481. The van der Waals surface area contributed by atoms with E-state index in [1.54, 1.807) is 17.5 Å². The van der Waals surface area contributed by atoms with Crippen LogP contribution >= 0.6 is 11.3 Å². The van der Waals surface area contributed by atoms with Gasteiger partial charge in [-0.2, -0.15) is 0 Å². The maximum atomic E-state index is 5.55. The van der Waals surface area contributed by atoms with E-state index < -0.39 is 0 Å². The predicted molar refractivity (Wildman–Crippen MR) is 69.5 cm³/mol. The second-order valence-electron chi connectivity index (χ2n) is 3.82. The molecular weight excluding hydrogens is 232 g/mol. The van der Waals surface area contributed by atoms with Crippen LogP contribution < -0.4 is 11.1 Å². The van der Waals surface area contributed by atoms with E-state index in [-0.39, 0.29) is 0 Å². The van der Waals surface area contributed by atoms with Gasteiger partial charge >= 0.3 is 0 Å². The number of aromatic nitrogens is 2. The average Bonchev–Trinajstić information content (AvgIpc) is 2.76. The van der Waals surface area contributed by atoms with Gasteiger partial charge in [-0.3, -0.25) is 4.98 Å². The Morgan fingerprint density at radius 2 is 2.24 bits per heavy atom. The summed E-state index contributed by atoms with van der Waals surface area (Å²) < 4.78 is 0. The van der Waals surface area contributed by atoms with E-state index in [2.05, 4.69) is 15.3 Å². The number of pyridine rings is 1. The fraction of sp³-hybridized carbons (Fsp3) is 0.333. The molecule has 0 radical (unpaired) electrons. The molecule has 3 N–H and O–H groups in total. The van der Waals surface area contributed by atoms with Crippen LogP contribution in [0.25, 0.3) is 0 Å². The minimum Gasteiger partial charge on any atom is -0.325 e. The van der Waals surface area contributed by atoms with Gasteiger partial charge in [0, 0.05) is 30.7 Å². The van der Waals surface area contributed by atoms with Crippen LogP contribution in [0.1, 0.15) is 21.8 Å². The van der Waals surface area contributed by atoms with Crippen molar-refractivity contribution < 1.29 is 0 Å². The third kappa shape index (κ3) is 3.33. The molecule has 0 atom stereocenters. The molecule has 0 aliphatic carbocycles. The zero-order valence-electron chi connectivity index (χ0n) is 9.81. The highest BCUT2D eigenvalue weighted by molar-refractivity contribution is 7.09. The van der Waals surface area contributed by atoms with E-state index in [1.807, 2.05) is 24.6 Å². The summed E-state index contributed by atoms with van der Waals surface area (Å²) in [5, 5.41) is 3.40. The first-order valence-corrected chi connectivity index (χ1v) is 6.41. The number of rotatable bonds is 5. The molecule has 0 fully saturated rings. The number of hydrogen-bond donors (Lipinski definition) is 2. The normalized spacial score (nSPS) is 10.7. The van der Waals surface area contributed by atoms with Crippen LogP contribution in [-0.2, 0) is 19.6 Å². The van der Waals surface area contributed by atoms with Crippen LogP contribution in [0.4, 0.5) is 0 Å². The minimum atomic E-state index is 0.488. The van der Waals surface area contributed by atoms with Crippen LogP contribution in [-0.4, -0.2) is 9.97 Å². The molecule has 90 valence electrons. The molecule has 0 unspecified atom stereocenters. The molecule has 4 nitrogen and oxygen atoms in total. The van der Waals surface area contributed by atoms with Crippen LogP contribution in [0.5, 0.6) is 0 Å². The molecule has 0 aliphatic heterocycles. The topological polar surface area (TPSA) is 63.8 Å². The Kier molecular flexibility index (Phi) is 4.19. The zero-order chi connectivity index (χ0) is 12.1. The van der Waals surface area contributed by atoms with Crippen molar-refractivity contribution >= 4 is 11.3 Å². The Morgan fingerprint density at radius 3 is 2.94 bits per heavy atom. The van der Waals surface area contributed by atoms with Gasteiger partial charge in [-0.05, 0) is 24.6 Å². The third-order valence-electron chi connectivity index (χ3n) is 2.55. The summed E-state index contributed by atoms with van der Waals surface area (Å²) in [6.45, 7) is 4.21. The SMILES string of the molecule is Cc1ncsc1CNCc1ccnc(CN)c1. The van der Waals surface area contributed by atoms with Gasteiger partial charge in [0.05, 0.1) is 16.9 Å². The van der Waals surface area contributed by atoms with Gasteiger partial charge in [0.25, 0.3) is 0 Å². The molecular formula is C12H16N4S. The third-order valence-corrected chi connectivity index (χ3v) is 3.48. The van der Waals surface area contributed by atoms with Crippen molar-refractivity contribution in [3.8, 4) is 0 Å². The quantitative estimate of drug-likeness (QED) is 0.843. The van der Waals surface area contributed by atoms with Gasteiger partial charge in [0.1, 0.15) is 0 Å². The van der Waals surface area contributed by atoms with Crippen molar-refractivity contribution in [1.29, 1.82) is 0 Å². The Morgan fingerprint density at radius 1 is 1.35 bits per heavy atom. The monoisotopic (exact) mass is 248 g/mol. The van der Waals surface area contributed by atoms with Gasteiger partial charge in [-0.25, -0.2) is 4.98 Å². The van der Waals surface area contributed by atoms with E-state index in [1.165, 1.54) is 10.4 Å². The van der Waals surface area contributed by atoms with Crippen LogP contribution in [0, 0.1) is 6.92 Å². The van der Waals surface area contributed by atoms with Crippen molar-refractivity contribution in [1.82, 2.24) is 15.3 Å². The second-order valence-corrected chi connectivity index (χ2v) is 4.76. The second kappa shape index (κ2) is 5.86. The van der Waals surface area contributed by atoms with Gasteiger partial charge in [0.15, 0.2) is 0 Å². The van der Waals surface area contributed by atoms with Crippen molar-refractivity contribution in [2.75, 3.05) is 0 Å². The Labute approximate surface area is 105 Å². The molecule has 0 amide bonds. The van der Waals surface area contributed by atoms with E-state index in [4.69, 9.17) is 5.73 Å². The molecule has 2 aromatic heterocycles. The summed E-state index contributed by atoms with van der Waals surface area (Å²) in [5.74, 6) is 0. The highest BCUT2D eigenvalue weighted by Gasteiger charge is 2.01. The fourth-order valence-corrected chi connectivity index (χ4v) is 2.31. The number of hydrogen-bond acceptors (Lipinski definition) is 5. The standard InChI is InChI=1S/C12H16N4S/c1-9-12(17-8-16-9)7-14-6-10-2-3-15-11(4-10)5-13/h2-4,8,14H,5-7,13H2,1H3. The molecule has 2 heterocycles. The summed E-state index contributed by atoms with van der Waals surface area (Å²) >= 11 is 1.69. The lowest BCUT2D eigenvalue weighted by molar-refractivity contribution is 0.695. The summed E-state index contributed by atoms with van der Waals surface area (Å²) in [6, 6.07) is 4.04. The fourth-order valence-electron chi connectivity index (χ4n) is 1.57. The van der Waals surface area contributed by atoms with Gasteiger partial charge < -0.3 is 11.1 Å². The molecule has 0 spiro atoms. The maximum Gasteiger partial charge on any atom is 0.0798 e. The van der Waals surface area contributed by atoms with E-state index in [0.717, 1.165) is 24.5 Å². The molecule has 0 saturated carbocycles. The highest BCUT2D eigenvalue weighted by Crippen LogP contribution is 2.11. The molecule has 2 aromatic rings.